The third-order valence-corrected chi connectivity index (χ3v) is 4.92. The fraction of sp³-hybridized carbons (Fsp3) is 0.333. The zero-order valence-corrected chi connectivity index (χ0v) is 13.0. The molecule has 1 aliphatic rings. The van der Waals surface area contributed by atoms with Gasteiger partial charge in [-0.3, -0.25) is 0 Å². The summed E-state index contributed by atoms with van der Waals surface area (Å²) < 4.78 is 0. The number of nitrogens with one attached hydrogen (secondary N) is 1. The highest BCUT2D eigenvalue weighted by Gasteiger charge is 2.19. The first-order valence-electron chi connectivity index (χ1n) is 7.24. The summed E-state index contributed by atoms with van der Waals surface area (Å²) in [6, 6.07) is 16.1. The van der Waals surface area contributed by atoms with Crippen LogP contribution in [0.3, 0.4) is 0 Å². The fourth-order valence-electron chi connectivity index (χ4n) is 2.97. The molecule has 1 unspecified atom stereocenters. The summed E-state index contributed by atoms with van der Waals surface area (Å²) in [5.74, 6) is 1.21. The topological polar surface area (TPSA) is 12.0 Å². The molecule has 1 N–H and O–H groups in total. The Balaban J connectivity index is 1.73. The summed E-state index contributed by atoms with van der Waals surface area (Å²) in [5.41, 5.74) is 5.55. The molecule has 20 heavy (non-hydrogen) atoms. The summed E-state index contributed by atoms with van der Waals surface area (Å²) in [7, 11) is 0. The molecule has 1 nitrogen and oxygen atoms in total. The summed E-state index contributed by atoms with van der Waals surface area (Å²) in [4.78, 5) is 1.44. The van der Waals surface area contributed by atoms with E-state index in [1.165, 1.54) is 39.3 Å². The van der Waals surface area contributed by atoms with Crippen molar-refractivity contribution in [2.45, 2.75) is 37.8 Å². The lowest BCUT2D eigenvalue weighted by Crippen LogP contribution is -2.24. The highest BCUT2D eigenvalue weighted by molar-refractivity contribution is 7.99. The van der Waals surface area contributed by atoms with E-state index < -0.39 is 0 Å². The standard InChI is InChI=1S/C18H21NS/c1-13-9-14(2)11-15(10-13)12-19-17-7-8-20-18-6-4-3-5-16(17)18/h3-6,9-11,17,19H,7-8,12H2,1-2H3. The average molecular weight is 283 g/mol. The van der Waals surface area contributed by atoms with Gasteiger partial charge in [0.25, 0.3) is 0 Å². The van der Waals surface area contributed by atoms with Gasteiger partial charge in [-0.15, -0.1) is 11.8 Å². The lowest BCUT2D eigenvalue weighted by Gasteiger charge is -2.26. The van der Waals surface area contributed by atoms with Crippen molar-refractivity contribution in [1.29, 1.82) is 0 Å². The summed E-state index contributed by atoms with van der Waals surface area (Å²) >= 11 is 1.98. The molecule has 0 fully saturated rings. The summed E-state index contributed by atoms with van der Waals surface area (Å²) in [5, 5.41) is 3.74. The number of hydrogen-bond donors (Lipinski definition) is 1. The van der Waals surface area contributed by atoms with Gasteiger partial charge in [0.1, 0.15) is 0 Å². The number of aryl methyl sites for hydroxylation is 2. The maximum absolute atomic E-state index is 3.74. The lowest BCUT2D eigenvalue weighted by atomic mass is 10.0. The molecule has 1 heterocycles. The number of fused-ring (bicyclic) bond motifs is 1. The van der Waals surface area contributed by atoms with Crippen molar-refractivity contribution >= 4 is 11.8 Å². The minimum atomic E-state index is 0.494. The van der Waals surface area contributed by atoms with Crippen LogP contribution in [0.2, 0.25) is 0 Å². The quantitative estimate of drug-likeness (QED) is 0.881. The van der Waals surface area contributed by atoms with Crippen LogP contribution in [0.1, 0.15) is 34.7 Å². The van der Waals surface area contributed by atoms with Crippen molar-refractivity contribution in [3.05, 3.63) is 64.7 Å². The maximum Gasteiger partial charge on any atom is 0.0342 e. The van der Waals surface area contributed by atoms with E-state index >= 15 is 0 Å². The Labute approximate surface area is 125 Å². The first-order chi connectivity index (χ1) is 9.72. The Morgan fingerprint density at radius 1 is 1.10 bits per heavy atom. The van der Waals surface area contributed by atoms with Crippen LogP contribution in [0.25, 0.3) is 0 Å². The Hall–Kier alpha value is -1.25. The van der Waals surface area contributed by atoms with Crippen LogP contribution < -0.4 is 5.32 Å². The third-order valence-electron chi connectivity index (χ3n) is 3.79. The van der Waals surface area contributed by atoms with Gasteiger partial charge in [-0.25, -0.2) is 0 Å². The molecule has 0 saturated heterocycles. The molecule has 0 aromatic heterocycles. The SMILES string of the molecule is Cc1cc(C)cc(CNC2CCSc3ccccc32)c1. The largest absolute Gasteiger partial charge is 0.306 e. The van der Waals surface area contributed by atoms with E-state index in [1.54, 1.807) is 0 Å². The molecule has 2 aromatic rings. The van der Waals surface area contributed by atoms with Crippen LogP contribution >= 0.6 is 11.8 Å². The Kier molecular flexibility index (Phi) is 4.13. The van der Waals surface area contributed by atoms with Crippen molar-refractivity contribution in [3.63, 3.8) is 0 Å². The number of thioether (sulfide) groups is 1. The molecule has 0 radical (unpaired) electrons. The highest BCUT2D eigenvalue weighted by atomic mass is 32.2. The summed E-state index contributed by atoms with van der Waals surface area (Å²) in [6.07, 6.45) is 1.21. The predicted molar refractivity (Wildman–Crippen MR) is 87.3 cm³/mol. The van der Waals surface area contributed by atoms with Gasteiger partial charge in [0.2, 0.25) is 0 Å². The first-order valence-corrected chi connectivity index (χ1v) is 8.23. The van der Waals surface area contributed by atoms with E-state index in [-0.39, 0.29) is 0 Å². The molecule has 1 aliphatic heterocycles. The molecular weight excluding hydrogens is 262 g/mol. The average Bonchev–Trinajstić information content (AvgIpc) is 2.44. The second kappa shape index (κ2) is 6.02. The molecule has 104 valence electrons. The number of rotatable bonds is 3. The van der Waals surface area contributed by atoms with E-state index in [4.69, 9.17) is 0 Å². The molecule has 2 heteroatoms. The molecule has 0 aliphatic carbocycles. The van der Waals surface area contributed by atoms with Crippen LogP contribution in [0.5, 0.6) is 0 Å². The molecule has 0 amide bonds. The maximum atomic E-state index is 3.74. The van der Waals surface area contributed by atoms with Gasteiger partial charge < -0.3 is 5.32 Å². The predicted octanol–water partition coefficient (Wildman–Crippen LogP) is 4.63. The van der Waals surface area contributed by atoms with Crippen LogP contribution in [-0.2, 0) is 6.54 Å². The minimum Gasteiger partial charge on any atom is -0.306 e. The van der Waals surface area contributed by atoms with Crippen LogP contribution in [0.4, 0.5) is 0 Å². The molecule has 3 rings (SSSR count). The molecular formula is C18H21NS. The normalized spacial score (nSPS) is 17.8. The monoisotopic (exact) mass is 283 g/mol. The van der Waals surface area contributed by atoms with Crippen LogP contribution in [-0.4, -0.2) is 5.75 Å². The zero-order valence-electron chi connectivity index (χ0n) is 12.1. The van der Waals surface area contributed by atoms with E-state index in [9.17, 15) is 0 Å². The van der Waals surface area contributed by atoms with E-state index in [0.29, 0.717) is 6.04 Å². The Morgan fingerprint density at radius 3 is 2.65 bits per heavy atom. The Bertz CT molecular complexity index is 586. The lowest BCUT2D eigenvalue weighted by molar-refractivity contribution is 0.510. The van der Waals surface area contributed by atoms with Crippen molar-refractivity contribution < 1.29 is 0 Å². The van der Waals surface area contributed by atoms with Gasteiger partial charge in [0.15, 0.2) is 0 Å². The second-order valence-corrected chi connectivity index (χ2v) is 6.74. The number of hydrogen-bond acceptors (Lipinski definition) is 2. The molecule has 0 spiro atoms. The van der Waals surface area contributed by atoms with Gasteiger partial charge >= 0.3 is 0 Å². The first kappa shape index (κ1) is 13.7. The fourth-order valence-corrected chi connectivity index (χ4v) is 4.09. The van der Waals surface area contributed by atoms with Crippen molar-refractivity contribution in [2.24, 2.45) is 0 Å². The van der Waals surface area contributed by atoms with E-state index in [2.05, 4.69) is 61.6 Å². The molecule has 1 atom stereocenters. The molecule has 2 aromatic carbocycles. The molecule has 0 saturated carbocycles. The van der Waals surface area contributed by atoms with Crippen molar-refractivity contribution in [1.82, 2.24) is 5.32 Å². The van der Waals surface area contributed by atoms with Crippen LogP contribution in [0, 0.1) is 13.8 Å². The number of benzene rings is 2. The highest BCUT2D eigenvalue weighted by Crippen LogP contribution is 2.35. The third kappa shape index (κ3) is 3.08. The zero-order chi connectivity index (χ0) is 13.9. The molecule has 0 bridgehead atoms. The smallest absolute Gasteiger partial charge is 0.0342 e. The van der Waals surface area contributed by atoms with Gasteiger partial charge in [-0.05, 0) is 43.2 Å². The van der Waals surface area contributed by atoms with Crippen molar-refractivity contribution in [3.8, 4) is 0 Å². The Morgan fingerprint density at radius 2 is 1.85 bits per heavy atom. The summed E-state index contributed by atoms with van der Waals surface area (Å²) in [6.45, 7) is 5.29. The second-order valence-electron chi connectivity index (χ2n) is 5.60. The van der Waals surface area contributed by atoms with Gasteiger partial charge in [0.05, 0.1) is 0 Å². The van der Waals surface area contributed by atoms with Gasteiger partial charge in [-0.1, -0.05) is 47.5 Å². The van der Waals surface area contributed by atoms with E-state index in [1.807, 2.05) is 11.8 Å². The van der Waals surface area contributed by atoms with Crippen LogP contribution in [0.15, 0.2) is 47.4 Å². The van der Waals surface area contributed by atoms with Gasteiger partial charge in [0, 0.05) is 17.5 Å². The van der Waals surface area contributed by atoms with E-state index in [0.717, 1.165) is 6.54 Å². The minimum absolute atomic E-state index is 0.494. The van der Waals surface area contributed by atoms with Gasteiger partial charge in [-0.2, -0.15) is 0 Å². The van der Waals surface area contributed by atoms with Crippen molar-refractivity contribution in [2.75, 3.05) is 5.75 Å².